The van der Waals surface area contributed by atoms with Crippen molar-refractivity contribution in [3.8, 4) is 0 Å². The predicted octanol–water partition coefficient (Wildman–Crippen LogP) is 3.11. The van der Waals surface area contributed by atoms with Gasteiger partial charge in [0.15, 0.2) is 0 Å². The molecule has 0 fully saturated rings. The van der Waals surface area contributed by atoms with Crippen LogP contribution in [0.15, 0.2) is 46.7 Å². The van der Waals surface area contributed by atoms with Crippen LogP contribution in [0.3, 0.4) is 0 Å². The smallest absolute Gasteiger partial charge is 0.326 e. The van der Waals surface area contributed by atoms with Gasteiger partial charge in [-0.3, -0.25) is 4.98 Å². The van der Waals surface area contributed by atoms with Gasteiger partial charge >= 0.3 is 6.18 Å². The lowest BCUT2D eigenvalue weighted by Gasteiger charge is -2.12. The molecule has 1 aromatic heterocycles. The number of halogens is 3. The molecule has 0 spiro atoms. The maximum absolute atomic E-state index is 12.7. The van der Waals surface area contributed by atoms with Crippen LogP contribution in [-0.4, -0.2) is 9.97 Å². The van der Waals surface area contributed by atoms with Crippen LogP contribution in [-0.2, 0) is 12.7 Å². The summed E-state index contributed by atoms with van der Waals surface area (Å²) >= 11 is 1.24. The maximum atomic E-state index is 12.7. The normalized spacial score (nSPS) is 11.6. The molecule has 1 aromatic carbocycles. The summed E-state index contributed by atoms with van der Waals surface area (Å²) in [6, 6.07) is 3.88. The fourth-order valence-corrected chi connectivity index (χ4v) is 2.34. The van der Waals surface area contributed by atoms with E-state index >= 15 is 0 Å². The molecular formula is C12H10F3N3S. The lowest BCUT2D eigenvalue weighted by molar-refractivity contribution is -0.138. The molecule has 0 saturated carbocycles. The lowest BCUT2D eigenvalue weighted by Crippen LogP contribution is -2.11. The molecule has 0 amide bonds. The number of benzene rings is 1. The zero-order valence-corrected chi connectivity index (χ0v) is 10.5. The van der Waals surface area contributed by atoms with Crippen LogP contribution in [0.5, 0.6) is 0 Å². The Morgan fingerprint density at radius 2 is 2.00 bits per heavy atom. The highest BCUT2D eigenvalue weighted by molar-refractivity contribution is 7.99. The minimum Gasteiger partial charge on any atom is -0.326 e. The summed E-state index contributed by atoms with van der Waals surface area (Å²) in [6.07, 6.45) is 0.216. The van der Waals surface area contributed by atoms with Gasteiger partial charge in [0, 0.05) is 23.8 Å². The van der Waals surface area contributed by atoms with E-state index in [1.165, 1.54) is 36.3 Å². The fraction of sp³-hybridized carbons (Fsp3) is 0.167. The molecule has 0 unspecified atom stereocenters. The predicted molar refractivity (Wildman–Crippen MR) is 65.5 cm³/mol. The van der Waals surface area contributed by atoms with Crippen molar-refractivity contribution in [1.82, 2.24) is 9.97 Å². The zero-order valence-electron chi connectivity index (χ0n) is 9.69. The molecule has 0 saturated heterocycles. The number of hydrogen-bond donors (Lipinski definition) is 1. The van der Waals surface area contributed by atoms with E-state index in [9.17, 15) is 13.2 Å². The molecule has 0 aliphatic rings. The molecule has 100 valence electrons. The van der Waals surface area contributed by atoms with Gasteiger partial charge in [-0.25, -0.2) is 4.98 Å². The molecule has 0 atom stereocenters. The molecule has 0 radical (unpaired) electrons. The van der Waals surface area contributed by atoms with E-state index in [4.69, 9.17) is 5.73 Å². The summed E-state index contributed by atoms with van der Waals surface area (Å²) in [7, 11) is 0. The molecule has 0 aliphatic carbocycles. The van der Waals surface area contributed by atoms with Crippen molar-refractivity contribution >= 4 is 11.8 Å². The van der Waals surface area contributed by atoms with E-state index in [0.29, 0.717) is 9.92 Å². The summed E-state index contributed by atoms with van der Waals surface area (Å²) in [4.78, 5) is 8.59. The van der Waals surface area contributed by atoms with Crippen molar-refractivity contribution in [3.05, 3.63) is 47.9 Å². The second kappa shape index (κ2) is 5.58. The van der Waals surface area contributed by atoms with Crippen molar-refractivity contribution in [2.75, 3.05) is 0 Å². The van der Waals surface area contributed by atoms with Crippen LogP contribution in [0, 0.1) is 0 Å². The zero-order chi connectivity index (χ0) is 13.9. The highest BCUT2D eigenvalue weighted by Crippen LogP contribution is 2.35. The number of rotatable bonds is 3. The molecule has 0 bridgehead atoms. The topological polar surface area (TPSA) is 51.8 Å². The number of hydrogen-bond acceptors (Lipinski definition) is 4. The van der Waals surface area contributed by atoms with E-state index in [-0.39, 0.29) is 12.1 Å². The number of nitrogens with zero attached hydrogens (tertiary/aromatic N) is 2. The SMILES string of the molecule is NCc1cc(Sc2cnccn2)ccc1C(F)(F)F. The van der Waals surface area contributed by atoms with Gasteiger partial charge < -0.3 is 5.73 Å². The summed E-state index contributed by atoms with van der Waals surface area (Å²) in [5.41, 5.74) is 4.75. The van der Waals surface area contributed by atoms with E-state index in [1.54, 1.807) is 6.20 Å². The number of alkyl halides is 3. The van der Waals surface area contributed by atoms with Crippen LogP contribution in [0.2, 0.25) is 0 Å². The Bertz CT molecular complexity index is 558. The summed E-state index contributed by atoms with van der Waals surface area (Å²) in [6.45, 7) is -0.163. The van der Waals surface area contributed by atoms with E-state index < -0.39 is 11.7 Å². The third-order valence-electron chi connectivity index (χ3n) is 2.36. The van der Waals surface area contributed by atoms with Gasteiger partial charge in [0.05, 0.1) is 11.8 Å². The molecule has 7 heteroatoms. The second-order valence-electron chi connectivity index (χ2n) is 3.67. The summed E-state index contributed by atoms with van der Waals surface area (Å²) in [5.74, 6) is 0. The van der Waals surface area contributed by atoms with Crippen molar-refractivity contribution in [2.24, 2.45) is 5.73 Å². The second-order valence-corrected chi connectivity index (χ2v) is 4.76. The van der Waals surface area contributed by atoms with Crippen LogP contribution in [0.25, 0.3) is 0 Å². The van der Waals surface area contributed by atoms with Crippen LogP contribution in [0.1, 0.15) is 11.1 Å². The molecule has 0 aliphatic heterocycles. The van der Waals surface area contributed by atoms with Gasteiger partial charge in [0.25, 0.3) is 0 Å². The summed E-state index contributed by atoms with van der Waals surface area (Å²) in [5, 5.41) is 0.616. The van der Waals surface area contributed by atoms with Gasteiger partial charge in [0.2, 0.25) is 0 Å². The molecule has 2 N–H and O–H groups in total. The van der Waals surface area contributed by atoms with Crippen LogP contribution < -0.4 is 5.73 Å². The number of nitrogens with two attached hydrogens (primary N) is 1. The third-order valence-corrected chi connectivity index (χ3v) is 3.27. The Labute approximate surface area is 112 Å². The Balaban J connectivity index is 2.30. The minimum absolute atomic E-state index is 0.0707. The monoisotopic (exact) mass is 285 g/mol. The first-order chi connectivity index (χ1) is 9.00. The van der Waals surface area contributed by atoms with Crippen molar-refractivity contribution < 1.29 is 13.2 Å². The van der Waals surface area contributed by atoms with Gasteiger partial charge in [-0.15, -0.1) is 0 Å². The maximum Gasteiger partial charge on any atom is 0.416 e. The standard InChI is InChI=1S/C12H10F3N3S/c13-12(14,15)10-2-1-9(5-8(10)6-16)19-11-7-17-3-4-18-11/h1-5,7H,6,16H2. The van der Waals surface area contributed by atoms with Crippen molar-refractivity contribution in [2.45, 2.75) is 22.6 Å². The highest BCUT2D eigenvalue weighted by Gasteiger charge is 2.32. The molecule has 2 aromatic rings. The quantitative estimate of drug-likeness (QED) is 0.941. The fourth-order valence-electron chi connectivity index (χ4n) is 1.54. The minimum atomic E-state index is -4.38. The first-order valence-electron chi connectivity index (χ1n) is 5.35. The van der Waals surface area contributed by atoms with E-state index in [0.717, 1.165) is 6.07 Å². The van der Waals surface area contributed by atoms with Gasteiger partial charge in [-0.05, 0) is 23.8 Å². The van der Waals surface area contributed by atoms with E-state index in [1.807, 2.05) is 0 Å². The molecule has 2 rings (SSSR count). The average Bonchev–Trinajstić information content (AvgIpc) is 2.38. The molecular weight excluding hydrogens is 275 g/mol. The Hall–Kier alpha value is -1.60. The first kappa shape index (κ1) is 13.8. The van der Waals surface area contributed by atoms with Crippen LogP contribution in [0.4, 0.5) is 13.2 Å². The molecule has 1 heterocycles. The first-order valence-corrected chi connectivity index (χ1v) is 6.16. The Kier molecular flexibility index (Phi) is 4.06. The molecule has 19 heavy (non-hydrogen) atoms. The van der Waals surface area contributed by atoms with Crippen molar-refractivity contribution in [3.63, 3.8) is 0 Å². The Morgan fingerprint density at radius 3 is 2.58 bits per heavy atom. The van der Waals surface area contributed by atoms with E-state index in [2.05, 4.69) is 9.97 Å². The van der Waals surface area contributed by atoms with Crippen molar-refractivity contribution in [1.29, 1.82) is 0 Å². The van der Waals surface area contributed by atoms with Gasteiger partial charge in [-0.1, -0.05) is 11.8 Å². The van der Waals surface area contributed by atoms with Gasteiger partial charge in [-0.2, -0.15) is 13.2 Å². The average molecular weight is 285 g/mol. The lowest BCUT2D eigenvalue weighted by atomic mass is 10.1. The largest absolute Gasteiger partial charge is 0.416 e. The number of aromatic nitrogens is 2. The Morgan fingerprint density at radius 1 is 1.21 bits per heavy atom. The third kappa shape index (κ3) is 3.45. The summed E-state index contributed by atoms with van der Waals surface area (Å²) < 4.78 is 38.1. The highest BCUT2D eigenvalue weighted by atomic mass is 32.2. The van der Waals surface area contributed by atoms with Crippen LogP contribution >= 0.6 is 11.8 Å². The van der Waals surface area contributed by atoms with Gasteiger partial charge in [0.1, 0.15) is 5.03 Å². The molecule has 3 nitrogen and oxygen atoms in total.